The van der Waals surface area contributed by atoms with Crippen molar-refractivity contribution in [3.63, 3.8) is 0 Å². The molecule has 152 valence electrons. The Morgan fingerprint density at radius 1 is 1.07 bits per heavy atom. The van der Waals surface area contributed by atoms with Gasteiger partial charge in [-0.2, -0.15) is 0 Å². The zero-order valence-electron chi connectivity index (χ0n) is 16.3. The van der Waals surface area contributed by atoms with Crippen LogP contribution >= 0.6 is 0 Å². The molecule has 0 bridgehead atoms. The van der Waals surface area contributed by atoms with Gasteiger partial charge in [-0.05, 0) is 36.4 Å². The summed E-state index contributed by atoms with van der Waals surface area (Å²) >= 11 is 0. The fourth-order valence-corrected chi connectivity index (χ4v) is 3.80. The number of amides is 1. The summed E-state index contributed by atoms with van der Waals surface area (Å²) in [5.74, 6) is 0.230. The largest absolute Gasteiger partial charge is 0.444 e. The van der Waals surface area contributed by atoms with Gasteiger partial charge in [0.05, 0.1) is 5.69 Å². The van der Waals surface area contributed by atoms with Crippen LogP contribution in [0.5, 0.6) is 0 Å². The van der Waals surface area contributed by atoms with Gasteiger partial charge >= 0.3 is 0 Å². The Morgan fingerprint density at radius 2 is 1.83 bits per heavy atom. The molecule has 0 unspecified atom stereocenters. The highest BCUT2D eigenvalue weighted by Gasteiger charge is 2.24. The Kier molecular flexibility index (Phi) is 4.80. The summed E-state index contributed by atoms with van der Waals surface area (Å²) < 4.78 is 18.6. The number of nitrogens with zero attached hydrogens (tertiary/aromatic N) is 3. The average Bonchev–Trinajstić information content (AvgIpc) is 3.41. The Labute approximate surface area is 172 Å². The van der Waals surface area contributed by atoms with Crippen molar-refractivity contribution in [3.8, 4) is 11.5 Å². The number of benzene rings is 2. The molecule has 6 nitrogen and oxygen atoms in total. The topological polar surface area (TPSA) is 65.4 Å². The molecule has 1 fully saturated rings. The molecular weight excluding hydrogens is 383 g/mol. The maximum Gasteiger partial charge on any atom is 0.270 e. The molecule has 7 heteroatoms. The molecule has 1 N–H and O–H groups in total. The molecule has 0 saturated carbocycles. The van der Waals surface area contributed by atoms with E-state index in [0.29, 0.717) is 31.2 Å². The lowest BCUT2D eigenvalue weighted by molar-refractivity contribution is 0.0622. The highest BCUT2D eigenvalue weighted by atomic mass is 19.1. The number of oxazole rings is 1. The van der Waals surface area contributed by atoms with Crippen LogP contribution in [0.4, 0.5) is 4.39 Å². The normalized spacial score (nSPS) is 15.0. The monoisotopic (exact) mass is 404 g/mol. The third-order valence-corrected chi connectivity index (χ3v) is 5.45. The number of fused-ring (bicyclic) bond motifs is 1. The lowest BCUT2D eigenvalue weighted by Gasteiger charge is -2.34. The van der Waals surface area contributed by atoms with Gasteiger partial charge in [-0.15, -0.1) is 0 Å². The Morgan fingerprint density at radius 3 is 2.60 bits per heavy atom. The maximum absolute atomic E-state index is 13.1. The first-order valence-corrected chi connectivity index (χ1v) is 9.95. The van der Waals surface area contributed by atoms with Gasteiger partial charge in [-0.3, -0.25) is 9.69 Å². The van der Waals surface area contributed by atoms with E-state index >= 15 is 0 Å². The summed E-state index contributed by atoms with van der Waals surface area (Å²) in [5, 5.41) is 1.04. The van der Waals surface area contributed by atoms with E-state index in [2.05, 4.69) is 14.9 Å². The summed E-state index contributed by atoms with van der Waals surface area (Å²) in [6, 6.07) is 15.9. The van der Waals surface area contributed by atoms with Crippen LogP contribution in [0.3, 0.4) is 0 Å². The van der Waals surface area contributed by atoms with Crippen molar-refractivity contribution < 1.29 is 13.6 Å². The minimum Gasteiger partial charge on any atom is -0.444 e. The van der Waals surface area contributed by atoms with Gasteiger partial charge in [-0.25, -0.2) is 9.37 Å². The number of aromatic nitrogens is 2. The molecule has 2 aromatic heterocycles. The Bertz CT molecular complexity index is 1140. The number of carbonyl (C=O) groups excluding carboxylic acids is 1. The molecule has 1 saturated heterocycles. The van der Waals surface area contributed by atoms with Crippen LogP contribution in [0.15, 0.2) is 65.3 Å². The highest BCUT2D eigenvalue weighted by molar-refractivity contribution is 5.98. The second-order valence-electron chi connectivity index (χ2n) is 7.49. The van der Waals surface area contributed by atoms with Crippen LogP contribution in [-0.4, -0.2) is 51.9 Å². The van der Waals surface area contributed by atoms with Crippen molar-refractivity contribution in [1.29, 1.82) is 0 Å². The number of rotatable bonds is 4. The van der Waals surface area contributed by atoms with Gasteiger partial charge in [0, 0.05) is 49.2 Å². The minimum absolute atomic E-state index is 0.0332. The molecule has 0 atom stereocenters. The lowest BCUT2D eigenvalue weighted by Crippen LogP contribution is -2.48. The summed E-state index contributed by atoms with van der Waals surface area (Å²) in [6.45, 7) is 3.52. The van der Waals surface area contributed by atoms with Gasteiger partial charge in [0.1, 0.15) is 17.8 Å². The number of halogens is 1. The quantitative estimate of drug-likeness (QED) is 0.560. The van der Waals surface area contributed by atoms with E-state index in [-0.39, 0.29) is 11.7 Å². The van der Waals surface area contributed by atoms with Gasteiger partial charge in [0.15, 0.2) is 0 Å². The van der Waals surface area contributed by atoms with E-state index in [4.69, 9.17) is 4.42 Å². The van der Waals surface area contributed by atoms with Gasteiger partial charge in [0.2, 0.25) is 5.89 Å². The molecule has 3 heterocycles. The molecule has 4 aromatic rings. The fourth-order valence-electron chi connectivity index (χ4n) is 3.80. The highest BCUT2D eigenvalue weighted by Crippen LogP contribution is 2.21. The van der Waals surface area contributed by atoms with Crippen molar-refractivity contribution in [1.82, 2.24) is 19.8 Å². The number of H-pyrrole nitrogens is 1. The molecule has 2 aromatic carbocycles. The summed E-state index contributed by atoms with van der Waals surface area (Å²) in [4.78, 5) is 24.7. The predicted octanol–water partition coefficient (Wildman–Crippen LogP) is 3.92. The van der Waals surface area contributed by atoms with Crippen LogP contribution in [0.1, 0.15) is 16.2 Å². The molecular formula is C23H21FN4O2. The first kappa shape index (κ1) is 18.6. The standard InChI is InChI=1S/C23H21FN4O2/c24-18-7-5-16(6-8-18)22-25-19(15-30-22)14-27-9-11-28(12-10-27)23(29)21-13-17-3-1-2-4-20(17)26-21/h1-8,13,15,26H,9-12,14H2. The zero-order chi connectivity index (χ0) is 20.5. The van der Waals surface area contributed by atoms with Crippen LogP contribution in [0.25, 0.3) is 22.4 Å². The van der Waals surface area contributed by atoms with Crippen molar-refractivity contribution in [2.45, 2.75) is 6.54 Å². The molecule has 0 aliphatic carbocycles. The summed E-state index contributed by atoms with van der Waals surface area (Å²) in [7, 11) is 0. The van der Waals surface area contributed by atoms with E-state index in [0.717, 1.165) is 35.2 Å². The number of hydrogen-bond donors (Lipinski definition) is 1. The van der Waals surface area contributed by atoms with Gasteiger partial charge in [-0.1, -0.05) is 18.2 Å². The van der Waals surface area contributed by atoms with E-state index in [1.807, 2.05) is 35.2 Å². The maximum atomic E-state index is 13.1. The van der Waals surface area contributed by atoms with Gasteiger partial charge < -0.3 is 14.3 Å². The minimum atomic E-state index is -0.287. The molecule has 1 aliphatic rings. The number of para-hydroxylation sites is 1. The molecule has 30 heavy (non-hydrogen) atoms. The van der Waals surface area contributed by atoms with Crippen molar-refractivity contribution in [3.05, 3.63) is 78.1 Å². The lowest BCUT2D eigenvalue weighted by atomic mass is 10.2. The van der Waals surface area contributed by atoms with Crippen LogP contribution < -0.4 is 0 Å². The molecule has 0 spiro atoms. The van der Waals surface area contributed by atoms with Crippen LogP contribution in [-0.2, 0) is 6.54 Å². The van der Waals surface area contributed by atoms with Crippen molar-refractivity contribution >= 4 is 16.8 Å². The van der Waals surface area contributed by atoms with Crippen LogP contribution in [0, 0.1) is 5.82 Å². The first-order chi connectivity index (χ1) is 14.7. The predicted molar refractivity (Wildman–Crippen MR) is 111 cm³/mol. The summed E-state index contributed by atoms with van der Waals surface area (Å²) in [6.07, 6.45) is 1.64. The van der Waals surface area contributed by atoms with E-state index < -0.39 is 0 Å². The third kappa shape index (κ3) is 3.71. The number of aromatic amines is 1. The van der Waals surface area contributed by atoms with E-state index in [1.54, 1.807) is 18.4 Å². The SMILES string of the molecule is O=C(c1cc2ccccc2[nH]1)N1CCN(Cc2coc(-c3ccc(F)cc3)n2)CC1. The molecule has 5 rings (SSSR count). The fraction of sp³-hybridized carbons (Fsp3) is 0.217. The smallest absolute Gasteiger partial charge is 0.270 e. The number of piperazine rings is 1. The second-order valence-corrected chi connectivity index (χ2v) is 7.49. The van der Waals surface area contributed by atoms with E-state index in [1.165, 1.54) is 12.1 Å². The number of carbonyl (C=O) groups is 1. The number of nitrogens with one attached hydrogen (secondary N) is 1. The Balaban J connectivity index is 1.19. The van der Waals surface area contributed by atoms with Crippen molar-refractivity contribution in [2.75, 3.05) is 26.2 Å². The summed E-state index contributed by atoms with van der Waals surface area (Å²) in [5.41, 5.74) is 3.17. The molecule has 1 aliphatic heterocycles. The Hall–Kier alpha value is -3.45. The third-order valence-electron chi connectivity index (χ3n) is 5.45. The van der Waals surface area contributed by atoms with Crippen molar-refractivity contribution in [2.24, 2.45) is 0 Å². The van der Waals surface area contributed by atoms with E-state index in [9.17, 15) is 9.18 Å². The molecule has 1 amide bonds. The zero-order valence-corrected chi connectivity index (χ0v) is 16.3. The number of hydrogen-bond acceptors (Lipinski definition) is 4. The second kappa shape index (κ2) is 7.76. The average molecular weight is 404 g/mol. The van der Waals surface area contributed by atoms with Crippen LogP contribution in [0.2, 0.25) is 0 Å². The van der Waals surface area contributed by atoms with Gasteiger partial charge in [0.25, 0.3) is 5.91 Å². The first-order valence-electron chi connectivity index (χ1n) is 9.95. The molecule has 0 radical (unpaired) electrons.